The molecule has 0 amide bonds. The molecule has 0 atom stereocenters. The number of hydrogen-bond donors (Lipinski definition) is 0. The third kappa shape index (κ3) is 5.46. The van der Waals surface area contributed by atoms with E-state index >= 15 is 0 Å². The molecular weight excluding hydrogens is 285 g/mol. The summed E-state index contributed by atoms with van der Waals surface area (Å²) in [7, 11) is 0. The van der Waals surface area contributed by atoms with E-state index in [9.17, 15) is 13.2 Å². The summed E-state index contributed by atoms with van der Waals surface area (Å²) in [6.45, 7) is -0.277. The van der Waals surface area contributed by atoms with Gasteiger partial charge in [-0.05, 0) is 11.6 Å². The zero-order valence-electron chi connectivity index (χ0n) is 8.54. The fraction of sp³-hybridized carbons (Fsp3) is 0.500. The van der Waals surface area contributed by atoms with Gasteiger partial charge in [-0.2, -0.15) is 13.2 Å². The van der Waals surface area contributed by atoms with Crippen molar-refractivity contribution in [2.75, 3.05) is 18.4 Å². The summed E-state index contributed by atoms with van der Waals surface area (Å²) < 4.78 is 36.8. The van der Waals surface area contributed by atoms with Crippen LogP contribution in [0, 0.1) is 0 Å². The molecule has 1 aromatic rings. The molecule has 2 nitrogen and oxygen atoms in total. The Bertz CT molecular complexity index is 303. The average Bonchev–Trinajstić information content (AvgIpc) is 2.17. The van der Waals surface area contributed by atoms with Crippen LogP contribution in [0.4, 0.5) is 13.2 Å². The molecule has 1 heterocycles. The highest BCUT2D eigenvalue weighted by atomic mass is 79.9. The minimum Gasteiger partial charge on any atom is -0.290 e. The lowest BCUT2D eigenvalue weighted by Gasteiger charge is -2.22. The lowest BCUT2D eigenvalue weighted by atomic mass is 10.2. The van der Waals surface area contributed by atoms with Crippen molar-refractivity contribution in [2.45, 2.75) is 12.7 Å². The van der Waals surface area contributed by atoms with Gasteiger partial charge < -0.3 is 0 Å². The van der Waals surface area contributed by atoms with Gasteiger partial charge in [0.05, 0.1) is 6.54 Å². The van der Waals surface area contributed by atoms with Crippen LogP contribution < -0.4 is 0 Å². The average molecular weight is 297 g/mol. The number of alkyl halides is 4. The summed E-state index contributed by atoms with van der Waals surface area (Å²) in [5, 5.41) is 0.517. The summed E-state index contributed by atoms with van der Waals surface area (Å²) in [4.78, 5) is 5.21. The minimum atomic E-state index is -4.16. The second-order valence-corrected chi connectivity index (χ2v) is 4.17. The highest BCUT2D eigenvalue weighted by Gasteiger charge is 2.30. The van der Waals surface area contributed by atoms with E-state index in [1.165, 1.54) is 4.90 Å². The highest BCUT2D eigenvalue weighted by molar-refractivity contribution is 9.09. The maximum atomic E-state index is 12.3. The van der Waals surface area contributed by atoms with E-state index in [1.54, 1.807) is 24.5 Å². The zero-order valence-corrected chi connectivity index (χ0v) is 10.1. The zero-order chi connectivity index (χ0) is 12.0. The van der Waals surface area contributed by atoms with E-state index in [0.29, 0.717) is 11.9 Å². The molecule has 0 saturated carbocycles. The van der Waals surface area contributed by atoms with Crippen molar-refractivity contribution in [3.05, 3.63) is 30.1 Å². The van der Waals surface area contributed by atoms with Gasteiger partial charge in [0.25, 0.3) is 0 Å². The van der Waals surface area contributed by atoms with Crippen molar-refractivity contribution in [2.24, 2.45) is 0 Å². The first-order chi connectivity index (χ1) is 7.51. The highest BCUT2D eigenvalue weighted by Crippen LogP contribution is 2.17. The molecule has 0 saturated heterocycles. The summed E-state index contributed by atoms with van der Waals surface area (Å²) in [6, 6.07) is 3.49. The van der Waals surface area contributed by atoms with Gasteiger partial charge in [-0.15, -0.1) is 0 Å². The number of rotatable bonds is 5. The standard InChI is InChI=1S/C10H12BrF3N2/c11-3-5-16(8-10(12,13)14)7-9-2-1-4-15-6-9/h1-2,4,6H,3,5,7-8H2. The molecule has 0 N–H and O–H groups in total. The van der Waals surface area contributed by atoms with E-state index in [4.69, 9.17) is 0 Å². The Balaban J connectivity index is 2.58. The fourth-order valence-corrected chi connectivity index (χ4v) is 1.84. The predicted octanol–water partition coefficient (Wildman–Crippen LogP) is 2.84. The first-order valence-electron chi connectivity index (χ1n) is 4.75. The molecule has 0 spiro atoms. The lowest BCUT2D eigenvalue weighted by molar-refractivity contribution is -0.146. The van der Waals surface area contributed by atoms with Crippen molar-refractivity contribution in [3.8, 4) is 0 Å². The van der Waals surface area contributed by atoms with E-state index in [2.05, 4.69) is 20.9 Å². The summed E-state index contributed by atoms with van der Waals surface area (Å²) in [5.41, 5.74) is 0.785. The molecule has 0 aromatic carbocycles. The number of nitrogens with zero attached hydrogens (tertiary/aromatic N) is 2. The van der Waals surface area contributed by atoms with Gasteiger partial charge in [0.1, 0.15) is 0 Å². The number of pyridine rings is 1. The molecule has 0 unspecified atom stereocenters. The first kappa shape index (κ1) is 13.4. The lowest BCUT2D eigenvalue weighted by Crippen LogP contribution is -2.35. The van der Waals surface area contributed by atoms with Crippen molar-refractivity contribution in [3.63, 3.8) is 0 Å². The number of halogens is 4. The largest absolute Gasteiger partial charge is 0.401 e. The molecule has 0 bridgehead atoms. The Kier molecular flexibility index (Phi) is 5.21. The van der Waals surface area contributed by atoms with Gasteiger partial charge in [-0.1, -0.05) is 22.0 Å². The monoisotopic (exact) mass is 296 g/mol. The van der Waals surface area contributed by atoms with Crippen LogP contribution in [-0.4, -0.2) is 34.5 Å². The van der Waals surface area contributed by atoms with Crippen LogP contribution in [0.5, 0.6) is 0 Å². The quantitative estimate of drug-likeness (QED) is 0.777. The molecule has 16 heavy (non-hydrogen) atoms. The van der Waals surface area contributed by atoms with E-state index in [-0.39, 0.29) is 6.54 Å². The second kappa shape index (κ2) is 6.20. The van der Waals surface area contributed by atoms with Crippen molar-refractivity contribution in [1.29, 1.82) is 0 Å². The Morgan fingerprint density at radius 1 is 1.38 bits per heavy atom. The molecule has 6 heteroatoms. The maximum Gasteiger partial charge on any atom is 0.401 e. The van der Waals surface area contributed by atoms with Crippen LogP contribution in [0.25, 0.3) is 0 Å². The van der Waals surface area contributed by atoms with Gasteiger partial charge in [-0.25, -0.2) is 0 Å². The molecule has 0 fully saturated rings. The van der Waals surface area contributed by atoms with Crippen molar-refractivity contribution in [1.82, 2.24) is 9.88 Å². The minimum absolute atomic E-state index is 0.263. The normalized spacial score (nSPS) is 12.1. The molecule has 0 aliphatic carbocycles. The van der Waals surface area contributed by atoms with Gasteiger partial charge in [-0.3, -0.25) is 9.88 Å². The van der Waals surface area contributed by atoms with Crippen molar-refractivity contribution < 1.29 is 13.2 Å². The molecule has 1 rings (SSSR count). The van der Waals surface area contributed by atoms with E-state index in [1.807, 2.05) is 0 Å². The van der Waals surface area contributed by atoms with Crippen LogP contribution in [0.2, 0.25) is 0 Å². The van der Waals surface area contributed by atoms with Crippen molar-refractivity contribution >= 4 is 15.9 Å². The van der Waals surface area contributed by atoms with E-state index in [0.717, 1.165) is 5.56 Å². The van der Waals surface area contributed by atoms with Gasteiger partial charge >= 0.3 is 6.18 Å². The number of aromatic nitrogens is 1. The van der Waals surface area contributed by atoms with E-state index < -0.39 is 12.7 Å². The molecule has 0 radical (unpaired) electrons. The van der Waals surface area contributed by atoms with Gasteiger partial charge in [0.15, 0.2) is 0 Å². The maximum absolute atomic E-state index is 12.3. The Hall–Kier alpha value is -0.620. The summed E-state index contributed by atoms with van der Waals surface area (Å²) in [6.07, 6.45) is -0.982. The van der Waals surface area contributed by atoms with Crippen LogP contribution in [-0.2, 0) is 6.54 Å². The van der Waals surface area contributed by atoms with Crippen LogP contribution in [0.15, 0.2) is 24.5 Å². The smallest absolute Gasteiger partial charge is 0.290 e. The first-order valence-corrected chi connectivity index (χ1v) is 5.87. The molecule has 0 aliphatic heterocycles. The molecule has 1 aromatic heterocycles. The van der Waals surface area contributed by atoms with Crippen LogP contribution in [0.3, 0.4) is 0 Å². The van der Waals surface area contributed by atoms with Crippen LogP contribution >= 0.6 is 15.9 Å². The number of hydrogen-bond acceptors (Lipinski definition) is 2. The second-order valence-electron chi connectivity index (χ2n) is 3.38. The summed E-state index contributed by atoms with van der Waals surface area (Å²) >= 11 is 3.15. The third-order valence-corrected chi connectivity index (χ3v) is 2.29. The third-order valence-electron chi connectivity index (χ3n) is 1.93. The Morgan fingerprint density at radius 2 is 2.12 bits per heavy atom. The molecule has 90 valence electrons. The predicted molar refractivity (Wildman–Crippen MR) is 59.4 cm³/mol. The SMILES string of the molecule is FC(F)(F)CN(CCBr)Cc1cccnc1. The Morgan fingerprint density at radius 3 is 2.62 bits per heavy atom. The van der Waals surface area contributed by atoms with Gasteiger partial charge in [0, 0.05) is 30.8 Å². The summed E-state index contributed by atoms with van der Waals surface area (Å²) in [5.74, 6) is 0. The Labute approximate surface area is 101 Å². The molecular formula is C10H12BrF3N2. The van der Waals surface area contributed by atoms with Gasteiger partial charge in [0.2, 0.25) is 0 Å². The van der Waals surface area contributed by atoms with Crippen LogP contribution in [0.1, 0.15) is 5.56 Å². The topological polar surface area (TPSA) is 16.1 Å². The fourth-order valence-electron chi connectivity index (χ4n) is 1.34. The molecule has 0 aliphatic rings.